The van der Waals surface area contributed by atoms with E-state index in [0.717, 1.165) is 33.6 Å². The first-order valence-corrected chi connectivity index (χ1v) is 10.2. The molecule has 4 rings (SSSR count). The molecule has 0 aliphatic heterocycles. The van der Waals surface area contributed by atoms with Crippen molar-refractivity contribution in [2.45, 2.75) is 19.9 Å². The fraction of sp³-hybridized carbons (Fsp3) is 0.227. The summed E-state index contributed by atoms with van der Waals surface area (Å²) >= 11 is 1.71. The zero-order valence-corrected chi connectivity index (χ0v) is 17.4. The largest absolute Gasteiger partial charge is 0.493 e. The van der Waals surface area contributed by atoms with Crippen LogP contribution in [0.5, 0.6) is 11.5 Å². The van der Waals surface area contributed by atoms with Crippen LogP contribution in [0.15, 0.2) is 48.8 Å². The molecule has 0 bridgehead atoms. The number of aryl methyl sites for hydroxylation is 1. The molecule has 0 aliphatic rings. The minimum Gasteiger partial charge on any atom is -0.493 e. The first-order valence-electron chi connectivity index (χ1n) is 9.37. The van der Waals surface area contributed by atoms with Crippen molar-refractivity contribution in [2.75, 3.05) is 19.5 Å². The van der Waals surface area contributed by atoms with Crippen LogP contribution in [0.25, 0.3) is 21.6 Å². The Bertz CT molecular complexity index is 1130. The van der Waals surface area contributed by atoms with Crippen LogP contribution in [-0.4, -0.2) is 29.2 Å². The van der Waals surface area contributed by atoms with Gasteiger partial charge in [-0.05, 0) is 42.3 Å². The van der Waals surface area contributed by atoms with Crippen molar-refractivity contribution in [1.82, 2.24) is 15.0 Å². The van der Waals surface area contributed by atoms with Crippen LogP contribution < -0.4 is 14.8 Å². The Balaban J connectivity index is 1.69. The van der Waals surface area contributed by atoms with Crippen LogP contribution >= 0.6 is 11.3 Å². The fourth-order valence-corrected chi connectivity index (χ4v) is 4.05. The van der Waals surface area contributed by atoms with Gasteiger partial charge in [-0.15, -0.1) is 11.3 Å². The number of benzene rings is 1. The molecule has 29 heavy (non-hydrogen) atoms. The van der Waals surface area contributed by atoms with Gasteiger partial charge in [0.15, 0.2) is 17.3 Å². The summed E-state index contributed by atoms with van der Waals surface area (Å²) in [5, 5.41) is 4.53. The zero-order chi connectivity index (χ0) is 20.2. The molecule has 1 N–H and O–H groups in total. The van der Waals surface area contributed by atoms with Gasteiger partial charge in [-0.25, -0.2) is 9.97 Å². The van der Waals surface area contributed by atoms with Crippen LogP contribution in [0.3, 0.4) is 0 Å². The van der Waals surface area contributed by atoms with E-state index in [1.807, 2.05) is 30.3 Å². The first-order chi connectivity index (χ1) is 14.2. The number of fused-ring (bicyclic) bond motifs is 1. The van der Waals surface area contributed by atoms with Crippen molar-refractivity contribution in [3.8, 4) is 22.9 Å². The third-order valence-corrected chi connectivity index (χ3v) is 5.81. The van der Waals surface area contributed by atoms with E-state index in [0.29, 0.717) is 23.9 Å². The van der Waals surface area contributed by atoms with Gasteiger partial charge in [0, 0.05) is 29.4 Å². The van der Waals surface area contributed by atoms with Crippen molar-refractivity contribution < 1.29 is 9.47 Å². The van der Waals surface area contributed by atoms with Crippen LogP contribution in [0.2, 0.25) is 0 Å². The number of nitrogens with zero attached hydrogens (tertiary/aromatic N) is 3. The lowest BCUT2D eigenvalue weighted by atomic mass is 10.2. The normalized spacial score (nSPS) is 10.9. The van der Waals surface area contributed by atoms with Gasteiger partial charge in [-0.3, -0.25) is 4.98 Å². The average Bonchev–Trinajstić information content (AvgIpc) is 3.21. The van der Waals surface area contributed by atoms with E-state index in [1.165, 1.54) is 4.88 Å². The van der Waals surface area contributed by atoms with E-state index in [4.69, 9.17) is 19.4 Å². The Kier molecular flexibility index (Phi) is 5.57. The SMILES string of the molecule is CCc1cc2c(NCc3ccc(OC)c(OC)c3)nc(-c3ccncc3)nc2s1. The topological polar surface area (TPSA) is 69.2 Å². The monoisotopic (exact) mass is 406 g/mol. The predicted molar refractivity (Wildman–Crippen MR) is 117 cm³/mol. The third kappa shape index (κ3) is 4.00. The van der Waals surface area contributed by atoms with Gasteiger partial charge >= 0.3 is 0 Å². The summed E-state index contributed by atoms with van der Waals surface area (Å²) in [5.41, 5.74) is 2.02. The molecule has 0 radical (unpaired) electrons. The number of hydrogen-bond acceptors (Lipinski definition) is 7. The van der Waals surface area contributed by atoms with E-state index in [2.05, 4.69) is 23.3 Å². The van der Waals surface area contributed by atoms with Gasteiger partial charge in [0.1, 0.15) is 10.6 Å². The molecular formula is C22H22N4O2S. The van der Waals surface area contributed by atoms with Crippen LogP contribution in [0.1, 0.15) is 17.4 Å². The first kappa shape index (κ1) is 19.1. The molecule has 6 nitrogen and oxygen atoms in total. The molecule has 0 fully saturated rings. The number of hydrogen-bond donors (Lipinski definition) is 1. The highest BCUT2D eigenvalue weighted by Gasteiger charge is 2.13. The van der Waals surface area contributed by atoms with Crippen molar-refractivity contribution >= 4 is 27.4 Å². The highest BCUT2D eigenvalue weighted by molar-refractivity contribution is 7.18. The molecule has 0 saturated carbocycles. The molecule has 3 heterocycles. The zero-order valence-electron chi connectivity index (χ0n) is 16.6. The lowest BCUT2D eigenvalue weighted by Gasteiger charge is -2.12. The molecule has 0 amide bonds. The molecule has 0 unspecified atom stereocenters. The summed E-state index contributed by atoms with van der Waals surface area (Å²) in [6, 6.07) is 11.9. The summed E-state index contributed by atoms with van der Waals surface area (Å²) < 4.78 is 10.7. The molecule has 0 spiro atoms. The lowest BCUT2D eigenvalue weighted by Crippen LogP contribution is -2.04. The van der Waals surface area contributed by atoms with E-state index in [-0.39, 0.29) is 0 Å². The highest BCUT2D eigenvalue weighted by Crippen LogP contribution is 2.32. The molecule has 0 atom stereocenters. The van der Waals surface area contributed by atoms with Crippen LogP contribution in [-0.2, 0) is 13.0 Å². The number of nitrogens with one attached hydrogen (secondary N) is 1. The number of ether oxygens (including phenoxy) is 2. The third-order valence-electron chi connectivity index (χ3n) is 4.64. The second-order valence-electron chi connectivity index (χ2n) is 6.46. The van der Waals surface area contributed by atoms with Crippen molar-refractivity contribution in [3.63, 3.8) is 0 Å². The van der Waals surface area contributed by atoms with Gasteiger partial charge < -0.3 is 14.8 Å². The number of pyridine rings is 1. The Labute approximate surface area is 173 Å². The second-order valence-corrected chi connectivity index (χ2v) is 7.57. The Morgan fingerprint density at radius 2 is 1.76 bits per heavy atom. The summed E-state index contributed by atoms with van der Waals surface area (Å²) in [5.74, 6) is 2.94. The number of rotatable bonds is 7. The Hall–Kier alpha value is -3.19. The number of thiophene rings is 1. The van der Waals surface area contributed by atoms with E-state index in [1.54, 1.807) is 38.0 Å². The minimum atomic E-state index is 0.611. The minimum absolute atomic E-state index is 0.611. The second kappa shape index (κ2) is 8.45. The number of anilines is 1. The Morgan fingerprint density at radius 1 is 0.966 bits per heavy atom. The van der Waals surface area contributed by atoms with Gasteiger partial charge in [0.05, 0.1) is 19.6 Å². The summed E-state index contributed by atoms with van der Waals surface area (Å²) in [6.07, 6.45) is 4.48. The molecule has 0 saturated heterocycles. The maximum atomic E-state index is 5.41. The van der Waals surface area contributed by atoms with Gasteiger partial charge in [0.25, 0.3) is 0 Å². The number of aromatic nitrogens is 3. The quantitative estimate of drug-likeness (QED) is 0.469. The molecule has 4 aromatic rings. The molecular weight excluding hydrogens is 384 g/mol. The van der Waals surface area contributed by atoms with Crippen molar-refractivity contribution in [3.05, 3.63) is 59.2 Å². The van der Waals surface area contributed by atoms with Crippen molar-refractivity contribution in [1.29, 1.82) is 0 Å². The van der Waals surface area contributed by atoms with Gasteiger partial charge in [-0.2, -0.15) is 0 Å². The maximum Gasteiger partial charge on any atom is 0.163 e. The molecule has 7 heteroatoms. The van der Waals surface area contributed by atoms with Crippen molar-refractivity contribution in [2.24, 2.45) is 0 Å². The predicted octanol–water partition coefficient (Wildman–Crippen LogP) is 4.95. The molecule has 0 aliphatic carbocycles. The maximum absolute atomic E-state index is 5.41. The standard InChI is InChI=1S/C22H22N4O2S/c1-4-16-12-17-21(24-13-14-5-6-18(27-2)19(11-14)28-3)25-20(26-22(17)29-16)15-7-9-23-10-8-15/h5-12H,4,13H2,1-3H3,(H,24,25,26). The van der Waals surface area contributed by atoms with E-state index in [9.17, 15) is 0 Å². The summed E-state index contributed by atoms with van der Waals surface area (Å²) in [7, 11) is 3.28. The average molecular weight is 407 g/mol. The summed E-state index contributed by atoms with van der Waals surface area (Å²) in [4.78, 5) is 16.0. The lowest BCUT2D eigenvalue weighted by molar-refractivity contribution is 0.354. The molecule has 148 valence electrons. The van der Waals surface area contributed by atoms with Gasteiger partial charge in [0.2, 0.25) is 0 Å². The molecule has 1 aromatic carbocycles. The van der Waals surface area contributed by atoms with E-state index >= 15 is 0 Å². The number of methoxy groups -OCH3 is 2. The van der Waals surface area contributed by atoms with Crippen LogP contribution in [0, 0.1) is 0 Å². The van der Waals surface area contributed by atoms with Gasteiger partial charge in [-0.1, -0.05) is 13.0 Å². The van der Waals surface area contributed by atoms with E-state index < -0.39 is 0 Å². The highest BCUT2D eigenvalue weighted by atomic mass is 32.1. The summed E-state index contributed by atoms with van der Waals surface area (Å²) in [6.45, 7) is 2.76. The smallest absolute Gasteiger partial charge is 0.163 e. The van der Waals surface area contributed by atoms with Crippen LogP contribution in [0.4, 0.5) is 5.82 Å². The molecule has 3 aromatic heterocycles. The Morgan fingerprint density at radius 3 is 2.48 bits per heavy atom. The fourth-order valence-electron chi connectivity index (χ4n) is 3.09.